The number of nitrogens with two attached hydrogens (primary N) is 1. The zero-order valence-electron chi connectivity index (χ0n) is 17.6. The summed E-state index contributed by atoms with van der Waals surface area (Å²) in [5.41, 5.74) is 7.37. The molecule has 6 nitrogen and oxygen atoms in total. The van der Waals surface area contributed by atoms with Crippen molar-refractivity contribution < 1.29 is 13.2 Å². The Balaban J connectivity index is 1.86. The number of benzene rings is 3. The van der Waals surface area contributed by atoms with Gasteiger partial charge in [-0.05, 0) is 55.3 Å². The van der Waals surface area contributed by atoms with Crippen LogP contribution in [0.25, 0.3) is 10.9 Å². The van der Waals surface area contributed by atoms with Crippen LogP contribution >= 0.6 is 11.6 Å². The second-order valence-electron chi connectivity index (χ2n) is 7.68. The van der Waals surface area contributed by atoms with E-state index in [1.165, 1.54) is 0 Å². The van der Waals surface area contributed by atoms with Gasteiger partial charge in [-0.15, -0.1) is 0 Å². The number of rotatable bonds is 8. The van der Waals surface area contributed by atoms with Crippen LogP contribution in [0.5, 0.6) is 5.75 Å². The van der Waals surface area contributed by atoms with Gasteiger partial charge < -0.3 is 10.5 Å². The molecule has 0 saturated heterocycles. The van der Waals surface area contributed by atoms with E-state index < -0.39 is 9.84 Å². The maximum Gasteiger partial charge on any atom is 0.226 e. The molecule has 1 unspecified atom stereocenters. The van der Waals surface area contributed by atoms with Crippen molar-refractivity contribution >= 4 is 32.3 Å². The first-order valence-electron chi connectivity index (χ1n) is 10.3. The SMILES string of the molecule is CC(N)CCOc1cccc2c(S(=O)(=O)c3ccccc3)nn(Cc3cccc(Cl)c3)c12. The Bertz CT molecular complexity index is 1340. The third-order valence-corrected chi connectivity index (χ3v) is 7.00. The minimum absolute atomic E-state index is 0.000376. The summed E-state index contributed by atoms with van der Waals surface area (Å²) in [5, 5.41) is 5.66. The molecule has 0 fully saturated rings. The van der Waals surface area contributed by atoms with E-state index in [4.69, 9.17) is 22.1 Å². The second-order valence-corrected chi connectivity index (χ2v) is 9.98. The Hall–Kier alpha value is -2.87. The molecular weight excluding hydrogens is 446 g/mol. The first-order valence-corrected chi connectivity index (χ1v) is 12.1. The Morgan fingerprint density at radius 3 is 2.53 bits per heavy atom. The highest BCUT2D eigenvalue weighted by Gasteiger charge is 2.27. The smallest absolute Gasteiger partial charge is 0.226 e. The van der Waals surface area contributed by atoms with Crippen LogP contribution in [0.4, 0.5) is 0 Å². The average Bonchev–Trinajstić information content (AvgIpc) is 3.14. The van der Waals surface area contributed by atoms with E-state index in [-0.39, 0.29) is 16.0 Å². The van der Waals surface area contributed by atoms with Gasteiger partial charge in [0.1, 0.15) is 11.3 Å². The van der Waals surface area contributed by atoms with Gasteiger partial charge in [0.15, 0.2) is 5.03 Å². The van der Waals surface area contributed by atoms with Gasteiger partial charge in [0.25, 0.3) is 0 Å². The maximum absolute atomic E-state index is 13.4. The van der Waals surface area contributed by atoms with Crippen molar-refractivity contribution in [1.29, 1.82) is 0 Å². The van der Waals surface area contributed by atoms with E-state index in [0.717, 1.165) is 5.56 Å². The lowest BCUT2D eigenvalue weighted by molar-refractivity contribution is 0.303. The molecular formula is C24H24ClN3O3S. The minimum Gasteiger partial charge on any atom is -0.491 e. The van der Waals surface area contributed by atoms with E-state index in [9.17, 15) is 8.42 Å². The quantitative estimate of drug-likeness (QED) is 0.404. The van der Waals surface area contributed by atoms with Crippen LogP contribution < -0.4 is 10.5 Å². The topological polar surface area (TPSA) is 87.2 Å². The standard InChI is InChI=1S/C24H24ClN3O3S/c1-17(26)13-14-31-22-12-6-11-21-23(22)28(16-18-7-5-8-19(25)15-18)27-24(21)32(29,30)20-9-3-2-4-10-20/h2-12,15,17H,13-14,16,26H2,1H3. The predicted octanol–water partition coefficient (Wildman–Crippen LogP) is 4.69. The number of ether oxygens (including phenoxy) is 1. The number of sulfone groups is 1. The normalized spacial score (nSPS) is 12.7. The van der Waals surface area contributed by atoms with Crippen LogP contribution in [0.2, 0.25) is 5.02 Å². The molecule has 0 aliphatic rings. The summed E-state index contributed by atoms with van der Waals surface area (Å²) in [4.78, 5) is 0.192. The molecule has 0 aliphatic carbocycles. The van der Waals surface area contributed by atoms with Crippen molar-refractivity contribution in [1.82, 2.24) is 9.78 Å². The lowest BCUT2D eigenvalue weighted by Gasteiger charge is -2.11. The number of hydrogen-bond donors (Lipinski definition) is 1. The molecule has 8 heteroatoms. The van der Waals surface area contributed by atoms with Crippen LogP contribution in [-0.4, -0.2) is 30.8 Å². The molecule has 1 heterocycles. The second kappa shape index (κ2) is 9.32. The van der Waals surface area contributed by atoms with Crippen LogP contribution in [0.15, 0.2) is 82.7 Å². The molecule has 32 heavy (non-hydrogen) atoms. The number of fused-ring (bicyclic) bond motifs is 1. The van der Waals surface area contributed by atoms with Crippen molar-refractivity contribution in [2.75, 3.05) is 6.61 Å². The van der Waals surface area contributed by atoms with Gasteiger partial charge >= 0.3 is 0 Å². The highest BCUT2D eigenvalue weighted by molar-refractivity contribution is 7.91. The fourth-order valence-corrected chi connectivity index (χ4v) is 5.09. The minimum atomic E-state index is -3.83. The molecule has 3 aromatic carbocycles. The van der Waals surface area contributed by atoms with Crippen molar-refractivity contribution in [2.45, 2.75) is 35.9 Å². The van der Waals surface area contributed by atoms with Crippen molar-refractivity contribution in [3.8, 4) is 5.75 Å². The molecule has 0 aliphatic heterocycles. The molecule has 0 spiro atoms. The zero-order valence-corrected chi connectivity index (χ0v) is 19.2. The fraction of sp³-hybridized carbons (Fsp3) is 0.208. The fourth-order valence-electron chi connectivity index (χ4n) is 3.48. The Morgan fingerprint density at radius 2 is 1.81 bits per heavy atom. The summed E-state index contributed by atoms with van der Waals surface area (Å²) in [6.07, 6.45) is 0.675. The van der Waals surface area contributed by atoms with Gasteiger partial charge in [0.2, 0.25) is 9.84 Å². The van der Waals surface area contributed by atoms with Crippen molar-refractivity contribution in [3.63, 3.8) is 0 Å². The third-order valence-electron chi connectivity index (χ3n) is 5.06. The number of halogens is 1. The van der Waals surface area contributed by atoms with Gasteiger partial charge in [0.05, 0.1) is 18.0 Å². The van der Waals surface area contributed by atoms with Gasteiger partial charge in [0, 0.05) is 16.5 Å². The Morgan fingerprint density at radius 1 is 1.06 bits per heavy atom. The summed E-state index contributed by atoms with van der Waals surface area (Å²) < 4.78 is 34.5. The van der Waals surface area contributed by atoms with E-state index in [1.807, 2.05) is 31.2 Å². The third kappa shape index (κ3) is 4.65. The molecule has 0 amide bonds. The maximum atomic E-state index is 13.4. The molecule has 2 N–H and O–H groups in total. The van der Waals surface area contributed by atoms with Crippen molar-refractivity contribution in [3.05, 3.63) is 83.4 Å². The summed E-state index contributed by atoms with van der Waals surface area (Å²) in [5.74, 6) is 0.562. The molecule has 1 atom stereocenters. The van der Waals surface area contributed by atoms with Crippen molar-refractivity contribution in [2.24, 2.45) is 5.73 Å². The number of para-hydroxylation sites is 1. The molecule has 0 radical (unpaired) electrons. The predicted molar refractivity (Wildman–Crippen MR) is 126 cm³/mol. The summed E-state index contributed by atoms with van der Waals surface area (Å²) in [7, 11) is -3.83. The van der Waals surface area contributed by atoms with E-state index in [0.29, 0.717) is 41.2 Å². The molecule has 4 aromatic rings. The molecule has 166 valence electrons. The number of aromatic nitrogens is 2. The Kier molecular flexibility index (Phi) is 6.50. The van der Waals surface area contributed by atoms with Crippen LogP contribution in [0.3, 0.4) is 0 Å². The average molecular weight is 470 g/mol. The van der Waals surface area contributed by atoms with E-state index in [1.54, 1.807) is 53.2 Å². The van der Waals surface area contributed by atoms with Gasteiger partial charge in [-0.1, -0.05) is 48.0 Å². The number of hydrogen-bond acceptors (Lipinski definition) is 5. The highest BCUT2D eigenvalue weighted by Crippen LogP contribution is 2.33. The molecule has 0 bridgehead atoms. The largest absolute Gasteiger partial charge is 0.491 e. The molecule has 1 aromatic heterocycles. The van der Waals surface area contributed by atoms with Crippen LogP contribution in [0, 0.1) is 0 Å². The molecule has 4 rings (SSSR count). The first-order chi connectivity index (χ1) is 15.4. The first kappa shape index (κ1) is 22.3. The highest BCUT2D eigenvalue weighted by atomic mass is 35.5. The monoisotopic (exact) mass is 469 g/mol. The van der Waals surface area contributed by atoms with Gasteiger partial charge in [-0.2, -0.15) is 5.10 Å². The summed E-state index contributed by atoms with van der Waals surface area (Å²) in [6.45, 7) is 2.67. The molecule has 0 saturated carbocycles. The van der Waals surface area contributed by atoms with Gasteiger partial charge in [-0.25, -0.2) is 8.42 Å². The Labute approximate surface area is 192 Å². The van der Waals surface area contributed by atoms with E-state index in [2.05, 4.69) is 5.10 Å². The lowest BCUT2D eigenvalue weighted by Crippen LogP contribution is -2.18. The van der Waals surface area contributed by atoms with E-state index >= 15 is 0 Å². The van der Waals surface area contributed by atoms with Crippen LogP contribution in [0.1, 0.15) is 18.9 Å². The summed E-state index contributed by atoms with van der Waals surface area (Å²) in [6, 6.07) is 21.1. The van der Waals surface area contributed by atoms with Crippen LogP contribution in [-0.2, 0) is 16.4 Å². The zero-order chi connectivity index (χ0) is 22.7. The number of nitrogens with zero attached hydrogens (tertiary/aromatic N) is 2. The lowest BCUT2D eigenvalue weighted by atomic mass is 10.2. The summed E-state index contributed by atoms with van der Waals surface area (Å²) >= 11 is 6.15. The van der Waals surface area contributed by atoms with Gasteiger partial charge in [-0.3, -0.25) is 4.68 Å².